The Labute approximate surface area is 99.7 Å². The van der Waals surface area contributed by atoms with Crippen molar-refractivity contribution in [1.29, 1.82) is 0 Å². The molecule has 2 rings (SSSR count). The average Bonchev–Trinajstić information content (AvgIpc) is 2.84. The van der Waals surface area contributed by atoms with E-state index in [4.69, 9.17) is 5.11 Å². The van der Waals surface area contributed by atoms with Crippen LogP contribution in [0.4, 0.5) is 5.69 Å². The van der Waals surface area contributed by atoms with Crippen molar-refractivity contribution < 1.29 is 22.8 Å². The Balaban J connectivity index is 2.28. The molecular formula is C8H6N2O5S2. The maximum Gasteiger partial charge on any atom is 0.345 e. The summed E-state index contributed by atoms with van der Waals surface area (Å²) in [5.74, 6) is -1.17. The Morgan fingerprint density at radius 1 is 1.47 bits per heavy atom. The second kappa shape index (κ2) is 4.18. The number of nitrogens with one attached hydrogen (secondary N) is 1. The van der Waals surface area contributed by atoms with E-state index in [1.807, 2.05) is 0 Å². The third kappa shape index (κ3) is 2.45. The van der Waals surface area contributed by atoms with E-state index >= 15 is 0 Å². The summed E-state index contributed by atoms with van der Waals surface area (Å²) in [6.07, 6.45) is 2.33. The lowest BCUT2D eigenvalue weighted by molar-refractivity contribution is 0.0702. The topological polar surface area (TPSA) is 110 Å². The third-order valence-electron chi connectivity index (χ3n) is 1.74. The molecule has 0 amide bonds. The number of anilines is 1. The van der Waals surface area contributed by atoms with Crippen LogP contribution in [-0.4, -0.2) is 24.7 Å². The first-order valence-corrected chi connectivity index (χ1v) is 6.54. The van der Waals surface area contributed by atoms with Gasteiger partial charge < -0.3 is 9.63 Å². The molecule has 17 heavy (non-hydrogen) atoms. The van der Waals surface area contributed by atoms with E-state index in [0.717, 1.165) is 6.26 Å². The van der Waals surface area contributed by atoms with Crippen LogP contribution in [0.25, 0.3) is 0 Å². The van der Waals surface area contributed by atoms with E-state index in [1.165, 1.54) is 18.3 Å². The molecule has 0 aliphatic heterocycles. The quantitative estimate of drug-likeness (QED) is 0.867. The van der Waals surface area contributed by atoms with Gasteiger partial charge in [0.25, 0.3) is 10.0 Å². The van der Waals surface area contributed by atoms with E-state index in [1.54, 1.807) is 0 Å². The molecule has 0 saturated carbocycles. The Morgan fingerprint density at radius 2 is 2.24 bits per heavy atom. The van der Waals surface area contributed by atoms with E-state index in [9.17, 15) is 13.2 Å². The van der Waals surface area contributed by atoms with Gasteiger partial charge in [-0.25, -0.2) is 13.2 Å². The molecule has 0 aromatic carbocycles. The summed E-state index contributed by atoms with van der Waals surface area (Å²) in [6.45, 7) is 0. The highest BCUT2D eigenvalue weighted by Gasteiger charge is 2.19. The zero-order valence-electron chi connectivity index (χ0n) is 8.15. The van der Waals surface area contributed by atoms with Crippen molar-refractivity contribution in [3.63, 3.8) is 0 Å². The minimum atomic E-state index is -3.79. The van der Waals surface area contributed by atoms with Crippen LogP contribution < -0.4 is 4.72 Å². The molecule has 0 fully saturated rings. The Bertz CT molecular complexity index is 629. The fourth-order valence-electron chi connectivity index (χ4n) is 1.04. The number of sulfonamides is 1. The number of carbonyl (C=O) groups is 1. The monoisotopic (exact) mass is 274 g/mol. The number of thiophene rings is 1. The van der Waals surface area contributed by atoms with Gasteiger partial charge in [-0.15, -0.1) is 11.3 Å². The molecule has 0 atom stereocenters. The smallest absolute Gasteiger partial charge is 0.345 e. The van der Waals surface area contributed by atoms with Crippen molar-refractivity contribution in [2.24, 2.45) is 0 Å². The molecule has 0 spiro atoms. The van der Waals surface area contributed by atoms with Gasteiger partial charge in [0.1, 0.15) is 21.0 Å². The molecule has 0 aliphatic carbocycles. The van der Waals surface area contributed by atoms with Crippen LogP contribution in [0.5, 0.6) is 0 Å². The van der Waals surface area contributed by atoms with Crippen molar-refractivity contribution in [2.75, 3.05) is 4.72 Å². The molecule has 2 aromatic rings. The van der Waals surface area contributed by atoms with Gasteiger partial charge in [0.05, 0.1) is 6.20 Å². The summed E-state index contributed by atoms with van der Waals surface area (Å²) in [6, 6.07) is 2.46. The number of aromatic carboxylic acids is 1. The molecule has 0 unspecified atom stereocenters. The Hall–Kier alpha value is -1.87. The fourth-order valence-corrected chi connectivity index (χ4v) is 3.21. The summed E-state index contributed by atoms with van der Waals surface area (Å²) in [4.78, 5) is 10.6. The zero-order valence-corrected chi connectivity index (χ0v) is 9.79. The Morgan fingerprint density at radius 3 is 2.76 bits per heavy atom. The third-order valence-corrected chi connectivity index (χ3v) is 4.69. The van der Waals surface area contributed by atoms with Crippen molar-refractivity contribution in [3.05, 3.63) is 29.5 Å². The second-order valence-electron chi connectivity index (χ2n) is 2.94. The van der Waals surface area contributed by atoms with E-state index in [2.05, 4.69) is 14.4 Å². The first kappa shape index (κ1) is 11.6. The lowest BCUT2D eigenvalue weighted by Gasteiger charge is -2.01. The summed E-state index contributed by atoms with van der Waals surface area (Å²) in [5.41, 5.74) is 0.176. The van der Waals surface area contributed by atoms with Crippen LogP contribution >= 0.6 is 11.3 Å². The SMILES string of the molecule is O=C(O)c1ccc(S(=O)(=O)Nc2cnoc2)s1. The van der Waals surface area contributed by atoms with Crippen molar-refractivity contribution in [3.8, 4) is 0 Å². The second-order valence-corrected chi connectivity index (χ2v) is 5.94. The lowest BCUT2D eigenvalue weighted by Crippen LogP contribution is -2.10. The highest BCUT2D eigenvalue weighted by molar-refractivity contribution is 7.94. The van der Waals surface area contributed by atoms with Gasteiger partial charge in [0, 0.05) is 0 Å². The van der Waals surface area contributed by atoms with Gasteiger partial charge in [-0.3, -0.25) is 4.72 Å². The maximum atomic E-state index is 11.8. The van der Waals surface area contributed by atoms with Gasteiger partial charge >= 0.3 is 5.97 Å². The molecule has 0 aliphatic rings. The number of aromatic nitrogens is 1. The highest BCUT2D eigenvalue weighted by atomic mass is 32.2. The number of hydrogen-bond acceptors (Lipinski definition) is 6. The minimum Gasteiger partial charge on any atom is -0.477 e. The molecule has 90 valence electrons. The van der Waals surface area contributed by atoms with Gasteiger partial charge in [0.2, 0.25) is 0 Å². The number of rotatable bonds is 4. The molecule has 2 heterocycles. The van der Waals surface area contributed by atoms with E-state index < -0.39 is 16.0 Å². The number of carboxylic acids is 1. The first-order chi connectivity index (χ1) is 7.99. The summed E-state index contributed by atoms with van der Waals surface area (Å²) < 4.78 is 30.1. The van der Waals surface area contributed by atoms with Crippen molar-refractivity contribution in [1.82, 2.24) is 5.16 Å². The normalized spacial score (nSPS) is 11.3. The van der Waals surface area contributed by atoms with Gasteiger partial charge in [-0.05, 0) is 12.1 Å². The molecule has 2 aromatic heterocycles. The van der Waals surface area contributed by atoms with Crippen LogP contribution in [0.15, 0.2) is 33.3 Å². The predicted molar refractivity (Wildman–Crippen MR) is 58.6 cm³/mol. The van der Waals surface area contributed by atoms with Crippen molar-refractivity contribution >= 4 is 33.0 Å². The minimum absolute atomic E-state index is 0.0457. The summed E-state index contributed by atoms with van der Waals surface area (Å²) in [5, 5.41) is 12.0. The standard InChI is InChI=1S/C8H6N2O5S2/c11-8(12)6-1-2-7(16-6)17(13,14)10-5-3-9-15-4-5/h1-4,10H,(H,11,12). The van der Waals surface area contributed by atoms with E-state index in [-0.39, 0.29) is 14.8 Å². The first-order valence-electron chi connectivity index (χ1n) is 4.24. The van der Waals surface area contributed by atoms with Gasteiger partial charge in [0.15, 0.2) is 0 Å². The predicted octanol–water partition coefficient (Wildman–Crippen LogP) is 1.24. The molecule has 0 bridgehead atoms. The number of nitrogens with zero attached hydrogens (tertiary/aromatic N) is 1. The maximum absolute atomic E-state index is 11.8. The van der Waals surface area contributed by atoms with Crippen molar-refractivity contribution in [2.45, 2.75) is 4.21 Å². The van der Waals surface area contributed by atoms with Crippen LogP contribution in [0, 0.1) is 0 Å². The largest absolute Gasteiger partial charge is 0.477 e. The molecule has 0 saturated heterocycles. The lowest BCUT2D eigenvalue weighted by atomic mass is 10.5. The van der Waals surface area contributed by atoms with Gasteiger partial charge in [-0.1, -0.05) is 5.16 Å². The molecule has 7 nitrogen and oxygen atoms in total. The molecule has 9 heteroatoms. The van der Waals surface area contributed by atoms with Crippen LogP contribution in [-0.2, 0) is 10.0 Å². The average molecular weight is 274 g/mol. The Kier molecular flexibility index (Phi) is 2.86. The summed E-state index contributed by atoms with van der Waals surface area (Å²) in [7, 11) is -3.79. The molecular weight excluding hydrogens is 268 g/mol. The number of hydrogen-bond donors (Lipinski definition) is 2. The van der Waals surface area contributed by atoms with E-state index in [0.29, 0.717) is 11.3 Å². The van der Waals surface area contributed by atoms with Crippen LogP contribution in [0.2, 0.25) is 0 Å². The molecule has 0 radical (unpaired) electrons. The van der Waals surface area contributed by atoms with Crippen LogP contribution in [0.3, 0.4) is 0 Å². The highest BCUT2D eigenvalue weighted by Crippen LogP contribution is 2.23. The fraction of sp³-hybridized carbons (Fsp3) is 0. The van der Waals surface area contributed by atoms with Crippen LogP contribution in [0.1, 0.15) is 9.67 Å². The number of carboxylic acid groups (broad SMARTS) is 1. The molecule has 2 N–H and O–H groups in total. The zero-order chi connectivity index (χ0) is 12.5. The summed E-state index contributed by atoms with van der Waals surface area (Å²) >= 11 is 0.669. The van der Waals surface area contributed by atoms with Gasteiger partial charge in [-0.2, -0.15) is 0 Å².